The molecule has 0 aliphatic carbocycles. The van der Waals surface area contributed by atoms with Crippen molar-refractivity contribution in [3.05, 3.63) is 40.3 Å². The van der Waals surface area contributed by atoms with E-state index in [9.17, 15) is 4.79 Å². The van der Waals surface area contributed by atoms with E-state index in [4.69, 9.17) is 0 Å². The largest absolute Gasteiger partial charge is 0.314 e. The van der Waals surface area contributed by atoms with E-state index in [0.29, 0.717) is 12.6 Å². The molecule has 4 nitrogen and oxygen atoms in total. The van der Waals surface area contributed by atoms with Gasteiger partial charge >= 0.3 is 0 Å². The fourth-order valence-electron chi connectivity index (χ4n) is 3.17. The zero-order chi connectivity index (χ0) is 14.7. The van der Waals surface area contributed by atoms with Gasteiger partial charge in [0.15, 0.2) is 0 Å². The molecule has 21 heavy (non-hydrogen) atoms. The van der Waals surface area contributed by atoms with E-state index in [1.807, 2.05) is 24.3 Å². The third-order valence-electron chi connectivity index (χ3n) is 4.38. The molecule has 1 aliphatic rings. The Morgan fingerprint density at radius 3 is 2.81 bits per heavy atom. The second-order valence-electron chi connectivity index (χ2n) is 5.81. The quantitative estimate of drug-likeness (QED) is 0.939. The van der Waals surface area contributed by atoms with Gasteiger partial charge in [-0.1, -0.05) is 31.5 Å². The first-order chi connectivity index (χ1) is 10.3. The van der Waals surface area contributed by atoms with E-state index >= 15 is 0 Å². The number of fused-ring (bicyclic) bond motifs is 1. The lowest BCUT2D eigenvalue weighted by molar-refractivity contribution is 0.357. The maximum absolute atomic E-state index is 12.5. The maximum Gasteiger partial charge on any atom is 0.274 e. The minimum absolute atomic E-state index is 0.0404. The number of benzene rings is 1. The Balaban J connectivity index is 1.87. The number of aryl methyl sites for hydroxylation is 2. The van der Waals surface area contributed by atoms with E-state index in [-0.39, 0.29) is 5.56 Å². The highest BCUT2D eigenvalue weighted by Crippen LogP contribution is 2.14. The Morgan fingerprint density at radius 2 is 2.10 bits per heavy atom. The molecule has 1 aromatic carbocycles. The van der Waals surface area contributed by atoms with E-state index in [0.717, 1.165) is 35.9 Å². The first kappa shape index (κ1) is 14.3. The third kappa shape index (κ3) is 3.00. The summed E-state index contributed by atoms with van der Waals surface area (Å²) in [6, 6.07) is 8.34. The molecular weight excluding hydrogens is 262 g/mol. The number of aromatic nitrogens is 2. The van der Waals surface area contributed by atoms with Gasteiger partial charge in [0, 0.05) is 18.0 Å². The Morgan fingerprint density at radius 1 is 1.29 bits per heavy atom. The van der Waals surface area contributed by atoms with Crippen LogP contribution in [0.5, 0.6) is 0 Å². The number of nitrogens with one attached hydrogen (secondary N) is 1. The van der Waals surface area contributed by atoms with Gasteiger partial charge in [0.2, 0.25) is 0 Å². The van der Waals surface area contributed by atoms with Crippen molar-refractivity contribution < 1.29 is 0 Å². The van der Waals surface area contributed by atoms with E-state index in [1.54, 1.807) is 4.68 Å². The molecule has 0 unspecified atom stereocenters. The van der Waals surface area contributed by atoms with Crippen LogP contribution in [0.4, 0.5) is 0 Å². The average Bonchev–Trinajstić information content (AvgIpc) is 2.55. The minimum atomic E-state index is 0.0404. The predicted molar refractivity (Wildman–Crippen MR) is 85.6 cm³/mol. The van der Waals surface area contributed by atoms with Gasteiger partial charge < -0.3 is 5.32 Å². The molecule has 2 heterocycles. The van der Waals surface area contributed by atoms with Crippen molar-refractivity contribution in [2.24, 2.45) is 0 Å². The highest BCUT2D eigenvalue weighted by atomic mass is 16.1. The first-order valence-electron chi connectivity index (χ1n) is 8.01. The van der Waals surface area contributed by atoms with Crippen LogP contribution in [0.1, 0.15) is 38.3 Å². The maximum atomic E-state index is 12.5. The third-order valence-corrected chi connectivity index (χ3v) is 4.38. The summed E-state index contributed by atoms with van der Waals surface area (Å²) in [7, 11) is 0. The zero-order valence-electron chi connectivity index (χ0n) is 12.6. The Kier molecular flexibility index (Phi) is 4.34. The zero-order valence-corrected chi connectivity index (χ0v) is 12.6. The summed E-state index contributed by atoms with van der Waals surface area (Å²) in [5, 5.41) is 9.90. The fraction of sp³-hybridized carbons (Fsp3) is 0.529. The van der Waals surface area contributed by atoms with Crippen LogP contribution in [-0.4, -0.2) is 22.4 Å². The predicted octanol–water partition coefficient (Wildman–Crippen LogP) is 2.49. The lowest BCUT2D eigenvalue weighted by atomic mass is 10.0. The number of nitrogens with zero attached hydrogens (tertiary/aromatic N) is 2. The van der Waals surface area contributed by atoms with Crippen molar-refractivity contribution in [2.75, 3.05) is 6.54 Å². The molecule has 112 valence electrons. The second kappa shape index (κ2) is 6.39. The summed E-state index contributed by atoms with van der Waals surface area (Å²) in [4.78, 5) is 12.5. The van der Waals surface area contributed by atoms with E-state index in [1.165, 1.54) is 19.3 Å². The molecule has 1 N–H and O–H groups in total. The monoisotopic (exact) mass is 285 g/mol. The summed E-state index contributed by atoms with van der Waals surface area (Å²) in [6.07, 6.45) is 5.60. The van der Waals surface area contributed by atoms with Gasteiger partial charge in [-0.2, -0.15) is 5.10 Å². The van der Waals surface area contributed by atoms with Crippen LogP contribution in [0.3, 0.4) is 0 Å². The number of rotatable bonds is 4. The molecule has 1 atom stereocenters. The van der Waals surface area contributed by atoms with Crippen LogP contribution in [0.25, 0.3) is 10.8 Å². The number of piperidine rings is 1. The lowest BCUT2D eigenvalue weighted by Crippen LogP contribution is -2.36. The summed E-state index contributed by atoms with van der Waals surface area (Å²) in [5.74, 6) is 0. The Bertz CT molecular complexity index is 671. The van der Waals surface area contributed by atoms with Crippen LogP contribution >= 0.6 is 0 Å². The first-order valence-corrected chi connectivity index (χ1v) is 8.01. The van der Waals surface area contributed by atoms with Gasteiger partial charge in [-0.15, -0.1) is 0 Å². The highest BCUT2D eigenvalue weighted by molar-refractivity contribution is 5.83. The second-order valence-corrected chi connectivity index (χ2v) is 5.81. The smallest absolute Gasteiger partial charge is 0.274 e. The summed E-state index contributed by atoms with van der Waals surface area (Å²) >= 11 is 0. The van der Waals surface area contributed by atoms with Crippen LogP contribution in [-0.2, 0) is 13.0 Å². The van der Waals surface area contributed by atoms with E-state index in [2.05, 4.69) is 17.3 Å². The number of hydrogen-bond donors (Lipinski definition) is 1. The standard InChI is InChI=1S/C17H23N3O/c1-2-16-14-8-3-4-9-15(14)17(21)20(19-16)12-10-13-7-5-6-11-18-13/h3-4,8-9,13,18H,2,5-7,10-12H2,1H3/t13-/m0/s1. The van der Waals surface area contributed by atoms with Gasteiger partial charge in [-0.3, -0.25) is 4.79 Å². The minimum Gasteiger partial charge on any atom is -0.314 e. The molecule has 0 amide bonds. The number of hydrogen-bond acceptors (Lipinski definition) is 3. The van der Waals surface area contributed by atoms with Crippen molar-refractivity contribution in [3.8, 4) is 0 Å². The van der Waals surface area contributed by atoms with Crippen LogP contribution in [0.15, 0.2) is 29.1 Å². The molecule has 1 saturated heterocycles. The molecule has 0 bridgehead atoms. The molecule has 4 heteroatoms. The van der Waals surface area contributed by atoms with Gasteiger partial charge in [0.1, 0.15) is 0 Å². The van der Waals surface area contributed by atoms with Gasteiger partial charge in [0.05, 0.1) is 11.1 Å². The molecule has 0 spiro atoms. The summed E-state index contributed by atoms with van der Waals surface area (Å²) in [5.41, 5.74) is 1.06. The molecule has 1 fully saturated rings. The van der Waals surface area contributed by atoms with Crippen molar-refractivity contribution in [2.45, 2.75) is 51.6 Å². The van der Waals surface area contributed by atoms with Crippen molar-refractivity contribution in [1.82, 2.24) is 15.1 Å². The fourth-order valence-corrected chi connectivity index (χ4v) is 3.17. The topological polar surface area (TPSA) is 46.9 Å². The van der Waals surface area contributed by atoms with Crippen LogP contribution < -0.4 is 10.9 Å². The molecular formula is C17H23N3O. The molecule has 3 rings (SSSR count). The van der Waals surface area contributed by atoms with Crippen molar-refractivity contribution in [1.29, 1.82) is 0 Å². The Labute approximate surface area is 125 Å². The highest BCUT2D eigenvalue weighted by Gasteiger charge is 2.14. The summed E-state index contributed by atoms with van der Waals surface area (Å²) in [6.45, 7) is 3.89. The van der Waals surface area contributed by atoms with Crippen molar-refractivity contribution >= 4 is 10.8 Å². The molecule has 0 radical (unpaired) electrons. The molecule has 0 saturated carbocycles. The molecule has 1 aliphatic heterocycles. The SMILES string of the molecule is CCc1nn(CC[C@@H]2CCCCN2)c(=O)c2ccccc12. The van der Waals surface area contributed by atoms with Gasteiger partial charge in [-0.05, 0) is 38.3 Å². The molecule has 2 aromatic rings. The van der Waals surface area contributed by atoms with Crippen molar-refractivity contribution in [3.63, 3.8) is 0 Å². The summed E-state index contributed by atoms with van der Waals surface area (Å²) < 4.78 is 1.66. The van der Waals surface area contributed by atoms with Crippen LogP contribution in [0.2, 0.25) is 0 Å². The van der Waals surface area contributed by atoms with Gasteiger partial charge in [0.25, 0.3) is 5.56 Å². The van der Waals surface area contributed by atoms with E-state index < -0.39 is 0 Å². The van der Waals surface area contributed by atoms with Crippen LogP contribution in [0, 0.1) is 0 Å². The van der Waals surface area contributed by atoms with Gasteiger partial charge in [-0.25, -0.2) is 4.68 Å². The Hall–Kier alpha value is -1.68. The average molecular weight is 285 g/mol. The molecule has 1 aromatic heterocycles. The lowest BCUT2D eigenvalue weighted by Gasteiger charge is -2.23. The normalized spacial score (nSPS) is 19.0.